The lowest BCUT2D eigenvalue weighted by Crippen LogP contribution is -1.83. The van der Waals surface area contributed by atoms with E-state index in [2.05, 4.69) is 6.92 Å². The normalized spacial score (nSPS) is 8.27. The van der Waals surface area contributed by atoms with E-state index >= 15 is 0 Å². The van der Waals surface area contributed by atoms with Crippen molar-refractivity contribution in [3.05, 3.63) is 41.8 Å². The van der Waals surface area contributed by atoms with Gasteiger partial charge < -0.3 is 0 Å². The summed E-state index contributed by atoms with van der Waals surface area (Å²) >= 11 is 0. The Morgan fingerprint density at radius 2 is 1.73 bits per heavy atom. The van der Waals surface area contributed by atoms with E-state index in [0.29, 0.717) is 11.1 Å². The third-order valence-electron chi connectivity index (χ3n) is 1.32. The second kappa shape index (κ2) is 2.86. The van der Waals surface area contributed by atoms with Gasteiger partial charge >= 0.3 is 0 Å². The molecule has 0 atom stereocenters. The van der Waals surface area contributed by atoms with E-state index in [1.54, 1.807) is 18.2 Å². The van der Waals surface area contributed by atoms with E-state index in [1.165, 1.54) is 0 Å². The number of nitrogens with zero attached hydrogens (tertiary/aromatic N) is 2. The molecule has 0 fully saturated rings. The van der Waals surface area contributed by atoms with Gasteiger partial charge in [-0.3, -0.25) is 0 Å². The van der Waals surface area contributed by atoms with Crippen LogP contribution in [0.4, 0.5) is 0 Å². The van der Waals surface area contributed by atoms with Crippen molar-refractivity contribution in [2.24, 2.45) is 0 Å². The highest BCUT2D eigenvalue weighted by Crippen LogP contribution is 2.08. The molecule has 0 saturated heterocycles. The van der Waals surface area contributed by atoms with Gasteiger partial charge in [-0.25, -0.2) is 0 Å². The fraction of sp³-hybridized carbons (Fsp3) is 0. The molecule has 0 unspecified atom stereocenters. The molecule has 0 aliphatic rings. The number of nitriles is 2. The van der Waals surface area contributed by atoms with Crippen molar-refractivity contribution in [3.8, 4) is 12.1 Å². The maximum atomic E-state index is 8.55. The third-order valence-corrected chi connectivity index (χ3v) is 1.32. The first kappa shape index (κ1) is 7.31. The van der Waals surface area contributed by atoms with Crippen molar-refractivity contribution in [3.63, 3.8) is 0 Å². The van der Waals surface area contributed by atoms with Gasteiger partial charge in [0, 0.05) is 0 Å². The van der Waals surface area contributed by atoms with Crippen LogP contribution in [0.3, 0.4) is 0 Å². The summed E-state index contributed by atoms with van der Waals surface area (Å²) in [5, 5.41) is 17.1. The SMILES string of the molecule is [CH2]c1ccc(C#N)c(C#N)c1. The van der Waals surface area contributed by atoms with Gasteiger partial charge in [0.15, 0.2) is 0 Å². The molecular formula is C9H5N2. The minimum Gasteiger partial charge on any atom is -0.192 e. The first-order chi connectivity index (χ1) is 5.27. The van der Waals surface area contributed by atoms with Gasteiger partial charge in [-0.05, 0) is 24.6 Å². The van der Waals surface area contributed by atoms with E-state index in [9.17, 15) is 0 Å². The summed E-state index contributed by atoms with van der Waals surface area (Å²) < 4.78 is 0. The van der Waals surface area contributed by atoms with Crippen LogP contribution in [0.25, 0.3) is 0 Å². The molecule has 2 nitrogen and oxygen atoms in total. The Morgan fingerprint density at radius 3 is 2.27 bits per heavy atom. The zero-order chi connectivity index (χ0) is 8.27. The van der Waals surface area contributed by atoms with E-state index in [4.69, 9.17) is 10.5 Å². The van der Waals surface area contributed by atoms with Gasteiger partial charge in [-0.15, -0.1) is 0 Å². The molecule has 0 heterocycles. The van der Waals surface area contributed by atoms with Gasteiger partial charge in [0.25, 0.3) is 0 Å². The lowest BCUT2D eigenvalue weighted by atomic mass is 10.1. The molecule has 1 aromatic rings. The average Bonchev–Trinajstić information content (AvgIpc) is 2.04. The Bertz CT molecular complexity index is 353. The van der Waals surface area contributed by atoms with Crippen LogP contribution in [0.2, 0.25) is 0 Å². The van der Waals surface area contributed by atoms with Crippen LogP contribution in [0.15, 0.2) is 18.2 Å². The van der Waals surface area contributed by atoms with E-state index < -0.39 is 0 Å². The first-order valence-electron chi connectivity index (χ1n) is 3.04. The largest absolute Gasteiger partial charge is 0.192 e. The van der Waals surface area contributed by atoms with Gasteiger partial charge in [0.1, 0.15) is 12.1 Å². The fourth-order valence-electron chi connectivity index (χ4n) is 0.781. The van der Waals surface area contributed by atoms with Crippen molar-refractivity contribution in [1.82, 2.24) is 0 Å². The average molecular weight is 141 g/mol. The molecule has 0 aliphatic heterocycles. The van der Waals surface area contributed by atoms with Crippen LogP contribution in [-0.2, 0) is 0 Å². The lowest BCUT2D eigenvalue weighted by Gasteiger charge is -1.93. The molecule has 0 amide bonds. The molecular weight excluding hydrogens is 136 g/mol. The molecule has 2 heteroatoms. The lowest BCUT2D eigenvalue weighted by molar-refractivity contribution is 1.42. The summed E-state index contributed by atoms with van der Waals surface area (Å²) in [7, 11) is 0. The first-order valence-corrected chi connectivity index (χ1v) is 3.04. The van der Waals surface area contributed by atoms with Crippen LogP contribution in [0, 0.1) is 29.6 Å². The molecule has 0 aliphatic carbocycles. The van der Waals surface area contributed by atoms with Gasteiger partial charge in [-0.2, -0.15) is 10.5 Å². The molecule has 0 saturated carbocycles. The minimum absolute atomic E-state index is 0.389. The summed E-state index contributed by atoms with van der Waals surface area (Å²) in [4.78, 5) is 0. The monoisotopic (exact) mass is 141 g/mol. The Labute approximate surface area is 65.3 Å². The Hall–Kier alpha value is -1.80. The van der Waals surface area contributed by atoms with E-state index in [1.807, 2.05) is 12.1 Å². The quantitative estimate of drug-likeness (QED) is 0.551. The minimum atomic E-state index is 0.389. The molecule has 0 aromatic heterocycles. The highest BCUT2D eigenvalue weighted by Gasteiger charge is 1.98. The Morgan fingerprint density at radius 1 is 1.09 bits per heavy atom. The van der Waals surface area contributed by atoms with Crippen molar-refractivity contribution in [1.29, 1.82) is 10.5 Å². The third kappa shape index (κ3) is 1.36. The van der Waals surface area contributed by atoms with Crippen LogP contribution in [-0.4, -0.2) is 0 Å². The highest BCUT2D eigenvalue weighted by molar-refractivity contribution is 5.47. The summed E-state index contributed by atoms with van der Waals surface area (Å²) in [6.45, 7) is 3.64. The van der Waals surface area contributed by atoms with Crippen molar-refractivity contribution < 1.29 is 0 Å². The molecule has 1 aromatic carbocycles. The van der Waals surface area contributed by atoms with Gasteiger partial charge in [0.05, 0.1) is 11.1 Å². The van der Waals surface area contributed by atoms with Crippen LogP contribution in [0.1, 0.15) is 16.7 Å². The second-order valence-electron chi connectivity index (χ2n) is 2.10. The maximum Gasteiger partial charge on any atom is 0.101 e. The van der Waals surface area contributed by atoms with E-state index in [-0.39, 0.29) is 0 Å². The van der Waals surface area contributed by atoms with Crippen LogP contribution in [0.5, 0.6) is 0 Å². The predicted octanol–water partition coefficient (Wildman–Crippen LogP) is 1.61. The van der Waals surface area contributed by atoms with Crippen LogP contribution >= 0.6 is 0 Å². The van der Waals surface area contributed by atoms with Gasteiger partial charge in [-0.1, -0.05) is 6.07 Å². The fourth-order valence-corrected chi connectivity index (χ4v) is 0.781. The molecule has 51 valence electrons. The summed E-state index contributed by atoms with van der Waals surface area (Å²) in [6, 6.07) is 8.75. The molecule has 0 spiro atoms. The zero-order valence-electron chi connectivity index (χ0n) is 5.83. The van der Waals surface area contributed by atoms with Gasteiger partial charge in [0.2, 0.25) is 0 Å². The number of hydrogen-bond acceptors (Lipinski definition) is 2. The second-order valence-corrected chi connectivity index (χ2v) is 2.10. The summed E-state index contributed by atoms with van der Waals surface area (Å²) in [6.07, 6.45) is 0. The molecule has 0 bridgehead atoms. The molecule has 0 N–H and O–H groups in total. The topological polar surface area (TPSA) is 47.6 Å². The summed E-state index contributed by atoms with van der Waals surface area (Å²) in [5.74, 6) is 0. The maximum absolute atomic E-state index is 8.55. The smallest absolute Gasteiger partial charge is 0.101 e. The number of benzene rings is 1. The Balaban J connectivity index is 3.34. The molecule has 11 heavy (non-hydrogen) atoms. The van der Waals surface area contributed by atoms with Crippen LogP contribution < -0.4 is 0 Å². The number of rotatable bonds is 0. The summed E-state index contributed by atoms with van der Waals surface area (Å²) in [5.41, 5.74) is 1.54. The van der Waals surface area contributed by atoms with Crippen molar-refractivity contribution in [2.45, 2.75) is 0 Å². The van der Waals surface area contributed by atoms with E-state index in [0.717, 1.165) is 5.56 Å². The van der Waals surface area contributed by atoms with Crippen molar-refractivity contribution in [2.75, 3.05) is 0 Å². The number of hydrogen-bond donors (Lipinski definition) is 0. The highest BCUT2D eigenvalue weighted by atomic mass is 14.3. The predicted molar refractivity (Wildman–Crippen MR) is 40.3 cm³/mol. The standard InChI is InChI=1S/C9H5N2/c1-7-2-3-8(5-10)9(4-7)6-11/h2-4H,1H2. The zero-order valence-corrected chi connectivity index (χ0v) is 5.83. The molecule has 1 radical (unpaired) electrons. The van der Waals surface area contributed by atoms with Crippen molar-refractivity contribution >= 4 is 0 Å². The Kier molecular flexibility index (Phi) is 1.90. The molecule has 1 rings (SSSR count).